The minimum Gasteiger partial charge on any atom is -0.412 e. The van der Waals surface area contributed by atoms with Gasteiger partial charge in [0.05, 0.1) is 0 Å². The maximum atomic E-state index is 5.03. The molecule has 0 radical (unpaired) electrons. The summed E-state index contributed by atoms with van der Waals surface area (Å²) in [5.74, 6) is 0. The van der Waals surface area contributed by atoms with Crippen LogP contribution in [-0.4, -0.2) is 28.3 Å². The standard InChI is InChI=1S/C5H12O2Si.H2O/c1-5-8(4,6-2)7-3;/h5H,1H2,2-4H3;1H2. The first-order valence-corrected chi connectivity index (χ1v) is 4.82. The van der Waals surface area contributed by atoms with Crippen molar-refractivity contribution < 1.29 is 14.3 Å². The van der Waals surface area contributed by atoms with E-state index < -0.39 is 8.56 Å². The molecule has 0 amide bonds. The Hall–Kier alpha value is -0.163. The van der Waals surface area contributed by atoms with Gasteiger partial charge in [-0.1, -0.05) is 0 Å². The van der Waals surface area contributed by atoms with Gasteiger partial charge in [-0.15, -0.1) is 6.58 Å². The van der Waals surface area contributed by atoms with Crippen molar-refractivity contribution in [1.29, 1.82) is 0 Å². The van der Waals surface area contributed by atoms with E-state index in [0.717, 1.165) is 0 Å². The van der Waals surface area contributed by atoms with Crippen LogP contribution in [0.25, 0.3) is 0 Å². The molecule has 0 heterocycles. The normalized spacial score (nSPS) is 10.1. The third-order valence-electron chi connectivity index (χ3n) is 1.18. The lowest BCUT2D eigenvalue weighted by molar-refractivity contribution is 0.264. The molecular weight excluding hydrogens is 136 g/mol. The summed E-state index contributed by atoms with van der Waals surface area (Å²) in [7, 11) is 1.37. The molecule has 2 N–H and O–H groups in total. The molecule has 9 heavy (non-hydrogen) atoms. The van der Waals surface area contributed by atoms with E-state index in [1.54, 1.807) is 19.9 Å². The van der Waals surface area contributed by atoms with Crippen LogP contribution >= 0.6 is 0 Å². The van der Waals surface area contributed by atoms with E-state index in [-0.39, 0.29) is 5.48 Å². The first-order chi connectivity index (χ1) is 3.68. The van der Waals surface area contributed by atoms with Crippen molar-refractivity contribution in [2.45, 2.75) is 6.55 Å². The Labute approximate surface area is 56.8 Å². The van der Waals surface area contributed by atoms with Crippen LogP contribution in [0.1, 0.15) is 0 Å². The van der Waals surface area contributed by atoms with Crippen LogP contribution in [0.2, 0.25) is 6.55 Å². The highest BCUT2D eigenvalue weighted by Gasteiger charge is 2.22. The highest BCUT2D eigenvalue weighted by molar-refractivity contribution is 6.71. The summed E-state index contributed by atoms with van der Waals surface area (Å²) in [6.07, 6.45) is 0. The molecule has 0 aromatic rings. The average Bonchev–Trinajstić information content (AvgIpc) is 1.87. The highest BCUT2D eigenvalue weighted by atomic mass is 28.4. The summed E-state index contributed by atoms with van der Waals surface area (Å²) in [5.41, 5.74) is 1.74. The zero-order valence-electron chi connectivity index (χ0n) is 6.10. The van der Waals surface area contributed by atoms with Gasteiger partial charge in [0.25, 0.3) is 0 Å². The van der Waals surface area contributed by atoms with Crippen molar-refractivity contribution in [3.05, 3.63) is 12.3 Å². The summed E-state index contributed by atoms with van der Waals surface area (Å²) in [4.78, 5) is 0. The quantitative estimate of drug-likeness (QED) is 0.541. The second kappa shape index (κ2) is 4.69. The summed E-state index contributed by atoms with van der Waals surface area (Å²) in [6.45, 7) is 5.52. The Bertz CT molecular complexity index is 80.3. The Balaban J connectivity index is 0. The topological polar surface area (TPSA) is 50.0 Å². The zero-order valence-corrected chi connectivity index (χ0v) is 7.10. The number of hydrogen-bond donors (Lipinski definition) is 0. The van der Waals surface area contributed by atoms with Crippen LogP contribution in [0.4, 0.5) is 0 Å². The summed E-state index contributed by atoms with van der Waals surface area (Å²) in [6, 6.07) is 0. The van der Waals surface area contributed by atoms with Crippen molar-refractivity contribution >= 4 is 8.56 Å². The van der Waals surface area contributed by atoms with Gasteiger partial charge in [-0.3, -0.25) is 0 Å². The van der Waals surface area contributed by atoms with Gasteiger partial charge in [0.15, 0.2) is 0 Å². The Morgan fingerprint density at radius 2 is 1.67 bits per heavy atom. The summed E-state index contributed by atoms with van der Waals surface area (Å²) < 4.78 is 10.1. The van der Waals surface area contributed by atoms with E-state index in [1.807, 2.05) is 6.55 Å². The Kier molecular flexibility index (Phi) is 6.05. The first-order valence-electron chi connectivity index (χ1n) is 2.42. The van der Waals surface area contributed by atoms with E-state index in [1.165, 1.54) is 0 Å². The van der Waals surface area contributed by atoms with Gasteiger partial charge >= 0.3 is 8.56 Å². The molecule has 0 aliphatic carbocycles. The minimum atomic E-state index is -1.91. The van der Waals surface area contributed by atoms with Gasteiger partial charge in [0.1, 0.15) is 0 Å². The highest BCUT2D eigenvalue weighted by Crippen LogP contribution is 2.02. The lowest BCUT2D eigenvalue weighted by atomic mass is 11.3. The molecule has 3 nitrogen and oxygen atoms in total. The van der Waals surface area contributed by atoms with E-state index in [9.17, 15) is 0 Å². The molecule has 0 bridgehead atoms. The number of rotatable bonds is 3. The molecule has 0 atom stereocenters. The van der Waals surface area contributed by atoms with Gasteiger partial charge in [-0.05, 0) is 12.2 Å². The summed E-state index contributed by atoms with van der Waals surface area (Å²) >= 11 is 0. The van der Waals surface area contributed by atoms with Gasteiger partial charge in [-0.2, -0.15) is 0 Å². The average molecular weight is 150 g/mol. The molecule has 4 heteroatoms. The third kappa shape index (κ3) is 3.42. The van der Waals surface area contributed by atoms with Crippen LogP contribution in [0.15, 0.2) is 12.3 Å². The SMILES string of the molecule is C=C[Si](C)(OC)OC.O. The fourth-order valence-electron chi connectivity index (χ4n) is 0.250. The van der Waals surface area contributed by atoms with Crippen molar-refractivity contribution in [2.75, 3.05) is 14.2 Å². The van der Waals surface area contributed by atoms with Gasteiger partial charge in [0.2, 0.25) is 0 Å². The maximum absolute atomic E-state index is 5.03. The van der Waals surface area contributed by atoms with E-state index >= 15 is 0 Å². The molecule has 0 aliphatic rings. The molecule has 0 saturated carbocycles. The largest absolute Gasteiger partial charge is 0.412 e. The zero-order chi connectivity index (χ0) is 6.62. The van der Waals surface area contributed by atoms with Gasteiger partial charge in [-0.25, -0.2) is 0 Å². The molecule has 0 unspecified atom stereocenters. The third-order valence-corrected chi connectivity index (χ3v) is 3.54. The molecular formula is C5H14O3Si. The van der Waals surface area contributed by atoms with Crippen molar-refractivity contribution in [1.82, 2.24) is 0 Å². The predicted octanol–water partition coefficient (Wildman–Crippen LogP) is 0.252. The molecule has 0 aliphatic heterocycles. The van der Waals surface area contributed by atoms with Crippen LogP contribution in [0.5, 0.6) is 0 Å². The molecule has 0 rings (SSSR count). The Morgan fingerprint density at radius 1 is 1.33 bits per heavy atom. The minimum absolute atomic E-state index is 0. The van der Waals surface area contributed by atoms with Gasteiger partial charge in [0, 0.05) is 14.2 Å². The second-order valence-corrected chi connectivity index (χ2v) is 4.88. The van der Waals surface area contributed by atoms with E-state index in [0.29, 0.717) is 0 Å². The lowest BCUT2D eigenvalue weighted by Crippen LogP contribution is -2.33. The van der Waals surface area contributed by atoms with Crippen LogP contribution < -0.4 is 0 Å². The van der Waals surface area contributed by atoms with Gasteiger partial charge < -0.3 is 14.3 Å². The maximum Gasteiger partial charge on any atom is 0.360 e. The fraction of sp³-hybridized carbons (Fsp3) is 0.600. The smallest absolute Gasteiger partial charge is 0.360 e. The molecule has 0 spiro atoms. The van der Waals surface area contributed by atoms with Crippen molar-refractivity contribution in [3.63, 3.8) is 0 Å². The molecule has 0 aromatic heterocycles. The lowest BCUT2D eigenvalue weighted by Gasteiger charge is -2.16. The van der Waals surface area contributed by atoms with E-state index in [4.69, 9.17) is 8.85 Å². The van der Waals surface area contributed by atoms with Crippen molar-refractivity contribution in [3.8, 4) is 0 Å². The number of hydrogen-bond acceptors (Lipinski definition) is 2. The first kappa shape index (κ1) is 11.6. The van der Waals surface area contributed by atoms with Crippen molar-refractivity contribution in [2.24, 2.45) is 0 Å². The van der Waals surface area contributed by atoms with Crippen LogP contribution in [-0.2, 0) is 8.85 Å². The Morgan fingerprint density at radius 3 is 1.67 bits per heavy atom. The summed E-state index contributed by atoms with van der Waals surface area (Å²) in [5, 5.41) is 0. The van der Waals surface area contributed by atoms with Crippen LogP contribution in [0.3, 0.4) is 0 Å². The van der Waals surface area contributed by atoms with E-state index in [2.05, 4.69) is 6.58 Å². The monoisotopic (exact) mass is 150 g/mol. The molecule has 0 aromatic carbocycles. The van der Waals surface area contributed by atoms with Crippen LogP contribution in [0, 0.1) is 0 Å². The molecule has 0 saturated heterocycles. The second-order valence-electron chi connectivity index (χ2n) is 1.63. The fourth-order valence-corrected chi connectivity index (χ4v) is 0.750. The molecule has 56 valence electrons. The predicted molar refractivity (Wildman–Crippen MR) is 39.4 cm³/mol. The molecule has 0 fully saturated rings.